The second kappa shape index (κ2) is 73.8. The molecule has 0 rings (SSSR count). The number of rotatable bonds is 73. The molecule has 0 aliphatic carbocycles. The summed E-state index contributed by atoms with van der Waals surface area (Å²) in [5.41, 5.74) is 0. The van der Waals surface area contributed by atoms with E-state index in [9.17, 15) is 19.8 Å². The number of esters is 1. The number of unbranched alkanes of at least 4 members (excludes halogenated alkanes) is 58. The zero-order valence-electron chi connectivity index (χ0n) is 57.2. The molecule has 0 heterocycles. The molecule has 0 aromatic rings. The third-order valence-corrected chi connectivity index (χ3v) is 18.3. The molecular formula is C78H151NO5. The maximum atomic E-state index is 12.6. The van der Waals surface area contributed by atoms with Crippen LogP contribution in [0.3, 0.4) is 0 Å². The maximum Gasteiger partial charge on any atom is 0.305 e. The van der Waals surface area contributed by atoms with Crippen molar-refractivity contribution in [2.75, 3.05) is 13.2 Å². The smallest absolute Gasteiger partial charge is 0.305 e. The van der Waals surface area contributed by atoms with E-state index in [2.05, 4.69) is 43.5 Å². The number of aliphatic hydroxyl groups is 2. The lowest BCUT2D eigenvalue weighted by Gasteiger charge is -2.22. The van der Waals surface area contributed by atoms with Gasteiger partial charge in [0.05, 0.1) is 25.4 Å². The summed E-state index contributed by atoms with van der Waals surface area (Å²) in [5, 5.41) is 23.4. The lowest BCUT2D eigenvalue weighted by molar-refractivity contribution is -0.143. The lowest BCUT2D eigenvalue weighted by Crippen LogP contribution is -2.45. The fraction of sp³-hybridized carbons (Fsp3) is 0.923. The van der Waals surface area contributed by atoms with Crippen LogP contribution in [-0.2, 0) is 14.3 Å². The van der Waals surface area contributed by atoms with Gasteiger partial charge in [0.25, 0.3) is 0 Å². The Morgan fingerprint density at radius 3 is 0.917 bits per heavy atom. The van der Waals surface area contributed by atoms with Gasteiger partial charge in [-0.25, -0.2) is 0 Å². The van der Waals surface area contributed by atoms with Crippen LogP contribution in [0.5, 0.6) is 0 Å². The SMILES string of the molecule is CCCCCC/C=C\C/C=C\CCCCCCCCCC(=O)OCCCCCCCCCCCCCCCCCCCCCCCCCCCCCCCCC(=O)NC(CO)C(O)CCCCCCCCCCCCCCCCCCCCC. The summed E-state index contributed by atoms with van der Waals surface area (Å²) < 4.78 is 5.51. The van der Waals surface area contributed by atoms with E-state index in [1.54, 1.807) is 0 Å². The van der Waals surface area contributed by atoms with Crippen LogP contribution < -0.4 is 5.32 Å². The minimum Gasteiger partial charge on any atom is -0.466 e. The van der Waals surface area contributed by atoms with Crippen LogP contribution in [0, 0.1) is 0 Å². The first-order valence-electron chi connectivity index (χ1n) is 38.6. The van der Waals surface area contributed by atoms with Crippen LogP contribution in [-0.4, -0.2) is 47.4 Å². The summed E-state index contributed by atoms with van der Waals surface area (Å²) in [7, 11) is 0. The van der Waals surface area contributed by atoms with Gasteiger partial charge in [-0.2, -0.15) is 0 Å². The van der Waals surface area contributed by atoms with Crippen molar-refractivity contribution in [2.45, 2.75) is 450 Å². The Kier molecular flexibility index (Phi) is 72.3. The average Bonchev–Trinajstić information content (AvgIpc) is 3.53. The van der Waals surface area contributed by atoms with Gasteiger partial charge in [0.2, 0.25) is 5.91 Å². The third kappa shape index (κ3) is 69.4. The molecule has 2 unspecified atom stereocenters. The van der Waals surface area contributed by atoms with E-state index in [4.69, 9.17) is 4.74 Å². The minimum atomic E-state index is -0.662. The molecule has 0 radical (unpaired) electrons. The van der Waals surface area contributed by atoms with Crippen molar-refractivity contribution in [3.8, 4) is 0 Å². The summed E-state index contributed by atoms with van der Waals surface area (Å²) in [4.78, 5) is 24.7. The van der Waals surface area contributed by atoms with Crippen LogP contribution >= 0.6 is 0 Å². The minimum absolute atomic E-state index is 0.0137. The van der Waals surface area contributed by atoms with Crippen molar-refractivity contribution in [1.29, 1.82) is 0 Å². The van der Waals surface area contributed by atoms with Gasteiger partial charge in [-0.1, -0.05) is 391 Å². The standard InChI is InChI=1S/C78H151NO5/c1-3-5-7-9-11-13-15-17-19-21-35-38-42-46-50-54-58-62-66-70-76(81)75(74-80)79-77(82)71-67-63-59-55-51-47-43-39-36-33-31-29-27-25-23-24-26-28-30-32-34-37-41-45-49-53-57-61-65-69-73-84-78(83)72-68-64-60-56-52-48-44-40-22-20-18-16-14-12-10-8-6-4-2/h14,16,20,22,75-76,80-81H,3-13,15,17-19,21,23-74H2,1-2H3,(H,79,82)/b16-14-,22-20-. The summed E-state index contributed by atoms with van der Waals surface area (Å²) in [6.07, 6.45) is 94.0. The number of amides is 1. The Hall–Kier alpha value is -1.66. The number of ether oxygens (including phenoxy) is 1. The summed E-state index contributed by atoms with van der Waals surface area (Å²) in [6.45, 7) is 4.98. The molecule has 498 valence electrons. The van der Waals surface area contributed by atoms with E-state index in [-0.39, 0.29) is 18.5 Å². The molecule has 6 nitrogen and oxygen atoms in total. The highest BCUT2D eigenvalue weighted by molar-refractivity contribution is 5.76. The van der Waals surface area contributed by atoms with E-state index in [1.165, 1.54) is 353 Å². The van der Waals surface area contributed by atoms with E-state index < -0.39 is 12.1 Å². The molecule has 0 aromatic carbocycles. The number of allylic oxidation sites excluding steroid dienone is 4. The molecule has 0 bridgehead atoms. The Morgan fingerprint density at radius 2 is 0.595 bits per heavy atom. The zero-order valence-corrected chi connectivity index (χ0v) is 57.2. The van der Waals surface area contributed by atoms with Gasteiger partial charge < -0.3 is 20.3 Å². The van der Waals surface area contributed by atoms with Gasteiger partial charge in [0.15, 0.2) is 0 Å². The highest BCUT2D eigenvalue weighted by atomic mass is 16.5. The largest absolute Gasteiger partial charge is 0.466 e. The number of hydrogen-bond donors (Lipinski definition) is 3. The molecular weight excluding hydrogens is 1030 g/mol. The predicted molar refractivity (Wildman–Crippen MR) is 370 cm³/mol. The van der Waals surface area contributed by atoms with Crippen molar-refractivity contribution in [1.82, 2.24) is 5.32 Å². The van der Waals surface area contributed by atoms with Gasteiger partial charge in [0, 0.05) is 12.8 Å². The second-order valence-corrected chi connectivity index (χ2v) is 26.7. The Bertz CT molecular complexity index is 1320. The van der Waals surface area contributed by atoms with Gasteiger partial charge in [-0.3, -0.25) is 9.59 Å². The highest BCUT2D eigenvalue weighted by Crippen LogP contribution is 2.20. The molecule has 0 aliphatic heterocycles. The average molecular weight is 1180 g/mol. The van der Waals surface area contributed by atoms with Crippen molar-refractivity contribution < 1.29 is 24.5 Å². The van der Waals surface area contributed by atoms with Crippen LogP contribution in [0.4, 0.5) is 0 Å². The molecule has 0 aromatic heterocycles. The molecule has 6 heteroatoms. The van der Waals surface area contributed by atoms with E-state index in [0.717, 1.165) is 51.4 Å². The van der Waals surface area contributed by atoms with Crippen molar-refractivity contribution in [3.63, 3.8) is 0 Å². The molecule has 84 heavy (non-hydrogen) atoms. The quantitative estimate of drug-likeness (QED) is 0.0320. The lowest BCUT2D eigenvalue weighted by atomic mass is 10.0. The summed E-state index contributed by atoms with van der Waals surface area (Å²) >= 11 is 0. The molecule has 1 amide bonds. The molecule has 0 aliphatic rings. The first-order valence-corrected chi connectivity index (χ1v) is 38.6. The number of carbonyl (C=O) groups excluding carboxylic acids is 2. The molecule has 0 spiro atoms. The first kappa shape index (κ1) is 82.3. The van der Waals surface area contributed by atoms with Gasteiger partial charge in [-0.15, -0.1) is 0 Å². The van der Waals surface area contributed by atoms with E-state index in [0.29, 0.717) is 25.9 Å². The number of nitrogens with one attached hydrogen (secondary N) is 1. The van der Waals surface area contributed by atoms with E-state index >= 15 is 0 Å². The van der Waals surface area contributed by atoms with Crippen LogP contribution in [0.1, 0.15) is 438 Å². The number of hydrogen-bond acceptors (Lipinski definition) is 5. The number of carbonyl (C=O) groups is 2. The van der Waals surface area contributed by atoms with Crippen LogP contribution in [0.2, 0.25) is 0 Å². The van der Waals surface area contributed by atoms with Crippen molar-refractivity contribution in [2.24, 2.45) is 0 Å². The van der Waals surface area contributed by atoms with Crippen LogP contribution in [0.15, 0.2) is 24.3 Å². The molecule has 3 N–H and O–H groups in total. The molecule has 0 saturated heterocycles. The molecule has 0 saturated carbocycles. The van der Waals surface area contributed by atoms with Crippen molar-refractivity contribution >= 4 is 11.9 Å². The fourth-order valence-corrected chi connectivity index (χ4v) is 12.4. The summed E-state index contributed by atoms with van der Waals surface area (Å²) in [6, 6.07) is -0.539. The van der Waals surface area contributed by atoms with Crippen LogP contribution in [0.25, 0.3) is 0 Å². The highest BCUT2D eigenvalue weighted by Gasteiger charge is 2.20. The molecule has 0 fully saturated rings. The maximum absolute atomic E-state index is 12.6. The Morgan fingerprint density at radius 1 is 0.333 bits per heavy atom. The topological polar surface area (TPSA) is 95.9 Å². The predicted octanol–water partition coefficient (Wildman–Crippen LogP) is 25.3. The van der Waals surface area contributed by atoms with E-state index in [1.807, 2.05) is 0 Å². The second-order valence-electron chi connectivity index (χ2n) is 26.7. The van der Waals surface area contributed by atoms with Gasteiger partial charge in [0.1, 0.15) is 0 Å². The van der Waals surface area contributed by atoms with Gasteiger partial charge >= 0.3 is 5.97 Å². The Labute approximate surface area is 526 Å². The third-order valence-electron chi connectivity index (χ3n) is 18.3. The zero-order chi connectivity index (χ0) is 60.6. The monoisotopic (exact) mass is 1180 g/mol. The Balaban J connectivity index is 3.33. The fourth-order valence-electron chi connectivity index (χ4n) is 12.4. The normalized spacial score (nSPS) is 12.6. The van der Waals surface area contributed by atoms with Gasteiger partial charge in [-0.05, 0) is 57.8 Å². The first-order chi connectivity index (χ1) is 41.5. The molecule has 2 atom stereocenters. The van der Waals surface area contributed by atoms with Crippen molar-refractivity contribution in [3.05, 3.63) is 24.3 Å². The summed E-state index contributed by atoms with van der Waals surface area (Å²) in [5.74, 6) is -0.0127. The number of aliphatic hydroxyl groups excluding tert-OH is 2.